The van der Waals surface area contributed by atoms with Crippen molar-refractivity contribution in [2.75, 3.05) is 6.61 Å². The van der Waals surface area contributed by atoms with E-state index in [-0.39, 0.29) is 30.2 Å². The van der Waals surface area contributed by atoms with Gasteiger partial charge in [0.05, 0.1) is 32.8 Å². The zero-order valence-corrected chi connectivity index (χ0v) is 14.1. The average Bonchev–Trinajstić information content (AvgIpc) is 2.88. The van der Waals surface area contributed by atoms with Crippen LogP contribution in [-0.4, -0.2) is 33.5 Å². The number of benzene rings is 1. The first-order valence-corrected chi connectivity index (χ1v) is 8.28. The average molecular weight is 353 g/mol. The van der Waals surface area contributed by atoms with E-state index in [0.29, 0.717) is 14.0 Å². The molecule has 122 valence electrons. The highest BCUT2D eigenvalue weighted by atomic mass is 32.2. The first-order chi connectivity index (χ1) is 10.7. The Balaban J connectivity index is 2.17. The zero-order chi connectivity index (χ0) is 17.2. The SMILES string of the molecule is [C-]#[N+]C(C(=O)OCCC(C)(C)O)=C1Sc2c(O)ccc(O)c2S1. The highest BCUT2D eigenvalue weighted by molar-refractivity contribution is 8.24. The number of phenols is 2. The van der Waals surface area contributed by atoms with Crippen molar-refractivity contribution >= 4 is 29.5 Å². The third-order valence-corrected chi connectivity index (χ3v) is 5.53. The minimum absolute atomic E-state index is 0.00653. The number of esters is 1. The molecule has 1 aromatic rings. The number of aliphatic hydroxyl groups is 1. The molecular formula is C15H15NO5S2. The second-order valence-electron chi connectivity index (χ2n) is 5.41. The topological polar surface area (TPSA) is 91.4 Å². The largest absolute Gasteiger partial charge is 0.507 e. The van der Waals surface area contributed by atoms with Gasteiger partial charge in [-0.1, -0.05) is 23.5 Å². The van der Waals surface area contributed by atoms with Crippen LogP contribution in [0.15, 0.2) is 31.9 Å². The summed E-state index contributed by atoms with van der Waals surface area (Å²) in [6.45, 7) is 10.4. The van der Waals surface area contributed by atoms with Crippen molar-refractivity contribution in [3.8, 4) is 11.5 Å². The maximum atomic E-state index is 12.0. The van der Waals surface area contributed by atoms with Gasteiger partial charge in [0.25, 0.3) is 5.70 Å². The van der Waals surface area contributed by atoms with Gasteiger partial charge >= 0.3 is 5.97 Å². The number of carbonyl (C=O) groups excluding carboxylic acids is 1. The number of thioether (sulfide) groups is 2. The van der Waals surface area contributed by atoms with Gasteiger partial charge in [0, 0.05) is 6.42 Å². The van der Waals surface area contributed by atoms with Crippen LogP contribution in [0.1, 0.15) is 20.3 Å². The molecule has 2 rings (SSSR count). The van der Waals surface area contributed by atoms with E-state index in [4.69, 9.17) is 11.3 Å². The minimum atomic E-state index is -0.962. The molecule has 1 aliphatic heterocycles. The van der Waals surface area contributed by atoms with Crippen LogP contribution >= 0.6 is 23.5 Å². The Hall–Kier alpha value is -1.82. The van der Waals surface area contributed by atoms with Gasteiger partial charge in [-0.25, -0.2) is 4.85 Å². The summed E-state index contributed by atoms with van der Waals surface area (Å²) in [4.78, 5) is 16.1. The van der Waals surface area contributed by atoms with Crippen LogP contribution in [0, 0.1) is 6.57 Å². The van der Waals surface area contributed by atoms with Crippen LogP contribution in [0.4, 0.5) is 0 Å². The Morgan fingerprint density at radius 2 is 1.78 bits per heavy atom. The molecule has 8 heteroatoms. The molecule has 0 bridgehead atoms. The quantitative estimate of drug-likeness (QED) is 0.331. The predicted octanol–water partition coefficient (Wildman–Crippen LogP) is 3.09. The first-order valence-electron chi connectivity index (χ1n) is 6.65. The van der Waals surface area contributed by atoms with E-state index >= 15 is 0 Å². The predicted molar refractivity (Wildman–Crippen MR) is 87.0 cm³/mol. The van der Waals surface area contributed by atoms with E-state index < -0.39 is 11.6 Å². The number of rotatable bonds is 4. The third kappa shape index (κ3) is 4.13. The Kier molecular flexibility index (Phi) is 5.14. The lowest BCUT2D eigenvalue weighted by atomic mass is 10.1. The summed E-state index contributed by atoms with van der Waals surface area (Å²) < 4.78 is 5.37. The van der Waals surface area contributed by atoms with Crippen molar-refractivity contribution < 1.29 is 24.9 Å². The van der Waals surface area contributed by atoms with Crippen molar-refractivity contribution in [2.24, 2.45) is 0 Å². The summed E-state index contributed by atoms with van der Waals surface area (Å²) in [5, 5.41) is 29.2. The van der Waals surface area contributed by atoms with Gasteiger partial charge in [-0.15, -0.1) is 0 Å². The van der Waals surface area contributed by atoms with Gasteiger partial charge in [-0.2, -0.15) is 0 Å². The normalized spacial score (nSPS) is 13.4. The fourth-order valence-corrected chi connectivity index (χ4v) is 4.16. The fourth-order valence-electron chi connectivity index (χ4n) is 1.68. The second-order valence-corrected chi connectivity index (χ2v) is 7.71. The molecule has 0 spiro atoms. The highest BCUT2D eigenvalue weighted by Crippen LogP contribution is 2.58. The summed E-state index contributed by atoms with van der Waals surface area (Å²) in [6, 6.07) is 2.70. The number of hydrogen-bond acceptors (Lipinski definition) is 7. The van der Waals surface area contributed by atoms with Crippen LogP contribution in [0.5, 0.6) is 11.5 Å². The molecule has 0 unspecified atom stereocenters. The lowest BCUT2D eigenvalue weighted by Crippen LogP contribution is -2.22. The zero-order valence-electron chi connectivity index (χ0n) is 12.5. The van der Waals surface area contributed by atoms with Crippen LogP contribution in [0.3, 0.4) is 0 Å². The Morgan fingerprint density at radius 1 is 1.26 bits per heavy atom. The molecule has 0 saturated heterocycles. The number of hydrogen-bond donors (Lipinski definition) is 3. The molecule has 1 heterocycles. The molecule has 0 atom stereocenters. The summed E-state index contributed by atoms with van der Waals surface area (Å²) in [6.07, 6.45) is 0.251. The van der Waals surface area contributed by atoms with Crippen molar-refractivity contribution in [1.82, 2.24) is 0 Å². The Labute approximate surface area is 142 Å². The van der Waals surface area contributed by atoms with Crippen LogP contribution in [0.2, 0.25) is 0 Å². The molecule has 0 aliphatic carbocycles. The summed E-state index contributed by atoms with van der Waals surface area (Å²) in [5.74, 6) is -0.832. The fraction of sp³-hybridized carbons (Fsp3) is 0.333. The molecule has 0 amide bonds. The molecule has 1 aromatic carbocycles. The molecule has 0 saturated carbocycles. The number of phenolic OH excluding ortho intramolecular Hbond substituents is 2. The maximum Gasteiger partial charge on any atom is 0.338 e. The molecule has 6 nitrogen and oxygen atoms in total. The van der Waals surface area contributed by atoms with Gasteiger partial charge in [-0.3, -0.25) is 4.79 Å². The number of ether oxygens (including phenoxy) is 1. The minimum Gasteiger partial charge on any atom is -0.507 e. The molecule has 0 radical (unpaired) electrons. The monoisotopic (exact) mass is 353 g/mol. The van der Waals surface area contributed by atoms with E-state index in [0.717, 1.165) is 23.5 Å². The summed E-state index contributed by atoms with van der Waals surface area (Å²) in [5.41, 5.74) is -1.16. The summed E-state index contributed by atoms with van der Waals surface area (Å²) >= 11 is 2.09. The Bertz CT molecular complexity index is 683. The first kappa shape index (κ1) is 17.5. The van der Waals surface area contributed by atoms with E-state index in [1.807, 2.05) is 0 Å². The standard InChI is InChI=1S/C15H15NO5S2/c1-15(2,20)6-7-21-13(19)10(16-3)14-22-11-8(17)4-5-9(18)12(11)23-14/h4-5,17-18,20H,6-7H2,1-2H3. The number of carbonyl (C=O) groups is 1. The molecule has 1 aliphatic rings. The molecule has 23 heavy (non-hydrogen) atoms. The van der Waals surface area contributed by atoms with E-state index in [9.17, 15) is 20.1 Å². The van der Waals surface area contributed by atoms with Crippen LogP contribution in [-0.2, 0) is 9.53 Å². The smallest absolute Gasteiger partial charge is 0.338 e. The number of aromatic hydroxyl groups is 2. The van der Waals surface area contributed by atoms with Gasteiger partial charge in [0.1, 0.15) is 11.5 Å². The van der Waals surface area contributed by atoms with E-state index in [1.54, 1.807) is 13.8 Å². The van der Waals surface area contributed by atoms with Gasteiger partial charge < -0.3 is 20.1 Å². The molecule has 3 N–H and O–H groups in total. The van der Waals surface area contributed by atoms with Gasteiger partial charge in [0.2, 0.25) is 0 Å². The van der Waals surface area contributed by atoms with Crippen molar-refractivity contribution in [3.63, 3.8) is 0 Å². The van der Waals surface area contributed by atoms with Crippen LogP contribution < -0.4 is 0 Å². The van der Waals surface area contributed by atoms with Gasteiger partial charge in [-0.05, 0) is 26.0 Å². The van der Waals surface area contributed by atoms with Gasteiger partial charge in [0.15, 0.2) is 0 Å². The lowest BCUT2D eigenvalue weighted by Gasteiger charge is -2.16. The molecule has 0 fully saturated rings. The number of nitrogens with zero attached hydrogens (tertiary/aromatic N) is 1. The van der Waals surface area contributed by atoms with Crippen molar-refractivity contribution in [2.45, 2.75) is 35.7 Å². The third-order valence-electron chi connectivity index (χ3n) is 2.91. The number of fused-ring (bicyclic) bond motifs is 1. The van der Waals surface area contributed by atoms with Crippen molar-refractivity contribution in [3.05, 3.63) is 33.5 Å². The summed E-state index contributed by atoms with van der Waals surface area (Å²) in [7, 11) is 0. The highest BCUT2D eigenvalue weighted by Gasteiger charge is 2.30. The van der Waals surface area contributed by atoms with E-state index in [1.165, 1.54) is 12.1 Å². The molecule has 0 aromatic heterocycles. The van der Waals surface area contributed by atoms with Crippen molar-refractivity contribution in [1.29, 1.82) is 0 Å². The van der Waals surface area contributed by atoms with E-state index in [2.05, 4.69) is 4.85 Å². The lowest BCUT2D eigenvalue weighted by molar-refractivity contribution is -0.139. The Morgan fingerprint density at radius 3 is 2.22 bits per heavy atom. The second kappa shape index (κ2) is 6.74. The van der Waals surface area contributed by atoms with Crippen LogP contribution in [0.25, 0.3) is 4.85 Å². The molecular weight excluding hydrogens is 338 g/mol. The maximum absolute atomic E-state index is 12.0.